The lowest BCUT2D eigenvalue weighted by Crippen LogP contribution is -2.41. The summed E-state index contributed by atoms with van der Waals surface area (Å²) in [5, 5.41) is 3.52. The Morgan fingerprint density at radius 1 is 1.19 bits per heavy atom. The van der Waals surface area contributed by atoms with Gasteiger partial charge in [0.2, 0.25) is 5.91 Å². The second-order valence-electron chi connectivity index (χ2n) is 9.85. The van der Waals surface area contributed by atoms with Crippen molar-refractivity contribution in [3.05, 3.63) is 35.4 Å². The van der Waals surface area contributed by atoms with Gasteiger partial charge in [-0.25, -0.2) is 4.99 Å². The fourth-order valence-electron chi connectivity index (χ4n) is 5.76. The standard InChI is InChI=1S/C25H39N5O/c1-2-27-24(30-14-12-25(19-30)10-3-4-11-25)28-16-20-7-5-8-21(15-20)17-29-13-6-9-22(18-29)23(26)31/h5,7-8,15,22H,2-4,6,9-14,16-19H2,1H3,(H2,26,31)(H,27,28). The molecular weight excluding hydrogens is 386 g/mol. The van der Waals surface area contributed by atoms with Crippen LogP contribution in [0.4, 0.5) is 0 Å². The molecule has 1 aromatic rings. The van der Waals surface area contributed by atoms with Gasteiger partial charge in [-0.05, 0) is 62.1 Å². The van der Waals surface area contributed by atoms with E-state index in [4.69, 9.17) is 10.7 Å². The summed E-state index contributed by atoms with van der Waals surface area (Å²) < 4.78 is 0. The number of carbonyl (C=O) groups is 1. The number of hydrogen-bond donors (Lipinski definition) is 2. The molecule has 1 atom stereocenters. The number of aliphatic imine (C=N–C) groups is 1. The number of primary amides is 1. The molecule has 1 unspecified atom stereocenters. The van der Waals surface area contributed by atoms with Crippen molar-refractivity contribution in [2.45, 2.75) is 65.0 Å². The zero-order valence-corrected chi connectivity index (χ0v) is 19.1. The Balaban J connectivity index is 1.38. The van der Waals surface area contributed by atoms with E-state index in [0.29, 0.717) is 12.0 Å². The van der Waals surface area contributed by atoms with Crippen LogP contribution in [0.2, 0.25) is 0 Å². The van der Waals surface area contributed by atoms with E-state index in [9.17, 15) is 4.79 Å². The molecule has 1 spiro atoms. The molecule has 170 valence electrons. The molecule has 0 aromatic heterocycles. The molecule has 2 saturated heterocycles. The van der Waals surface area contributed by atoms with E-state index < -0.39 is 0 Å². The third-order valence-electron chi connectivity index (χ3n) is 7.45. The van der Waals surface area contributed by atoms with E-state index >= 15 is 0 Å². The van der Waals surface area contributed by atoms with E-state index in [-0.39, 0.29) is 11.8 Å². The molecule has 3 aliphatic rings. The molecule has 31 heavy (non-hydrogen) atoms. The van der Waals surface area contributed by atoms with Crippen molar-refractivity contribution in [2.75, 3.05) is 32.7 Å². The highest BCUT2D eigenvalue weighted by molar-refractivity contribution is 5.80. The number of hydrogen-bond acceptors (Lipinski definition) is 3. The molecule has 6 heteroatoms. The lowest BCUT2D eigenvalue weighted by atomic mass is 9.86. The van der Waals surface area contributed by atoms with Crippen LogP contribution in [-0.4, -0.2) is 54.4 Å². The Hall–Kier alpha value is -2.08. The van der Waals surface area contributed by atoms with Crippen molar-refractivity contribution in [2.24, 2.45) is 22.1 Å². The Morgan fingerprint density at radius 2 is 2.00 bits per heavy atom. The van der Waals surface area contributed by atoms with Crippen molar-refractivity contribution >= 4 is 11.9 Å². The highest BCUT2D eigenvalue weighted by Gasteiger charge is 2.41. The molecule has 4 rings (SSSR count). The maximum atomic E-state index is 11.6. The van der Waals surface area contributed by atoms with Crippen LogP contribution in [0.15, 0.2) is 29.3 Å². The third kappa shape index (κ3) is 5.59. The Labute approximate surface area is 187 Å². The van der Waals surface area contributed by atoms with E-state index in [1.807, 2.05) is 0 Å². The number of guanidine groups is 1. The van der Waals surface area contributed by atoms with Crippen molar-refractivity contribution in [1.82, 2.24) is 15.1 Å². The van der Waals surface area contributed by atoms with Crippen LogP contribution in [0.25, 0.3) is 0 Å². The molecule has 2 heterocycles. The van der Waals surface area contributed by atoms with Gasteiger partial charge in [0.05, 0.1) is 12.5 Å². The number of benzene rings is 1. The van der Waals surface area contributed by atoms with Gasteiger partial charge in [0.1, 0.15) is 0 Å². The van der Waals surface area contributed by atoms with Crippen molar-refractivity contribution in [3.63, 3.8) is 0 Å². The maximum absolute atomic E-state index is 11.6. The van der Waals surface area contributed by atoms with Crippen LogP contribution in [-0.2, 0) is 17.9 Å². The third-order valence-corrected chi connectivity index (χ3v) is 7.45. The largest absolute Gasteiger partial charge is 0.369 e. The van der Waals surface area contributed by atoms with Gasteiger partial charge in [0, 0.05) is 32.7 Å². The van der Waals surface area contributed by atoms with Crippen LogP contribution in [0.1, 0.15) is 63.0 Å². The summed E-state index contributed by atoms with van der Waals surface area (Å²) in [4.78, 5) is 21.4. The highest BCUT2D eigenvalue weighted by atomic mass is 16.1. The van der Waals surface area contributed by atoms with E-state index in [1.54, 1.807) is 0 Å². The Morgan fingerprint density at radius 3 is 2.77 bits per heavy atom. The first kappa shape index (κ1) is 22.1. The highest BCUT2D eigenvalue weighted by Crippen LogP contribution is 2.45. The summed E-state index contributed by atoms with van der Waals surface area (Å²) in [6, 6.07) is 8.74. The molecule has 6 nitrogen and oxygen atoms in total. The van der Waals surface area contributed by atoms with Crippen molar-refractivity contribution < 1.29 is 4.79 Å². The zero-order valence-electron chi connectivity index (χ0n) is 19.1. The second-order valence-corrected chi connectivity index (χ2v) is 9.85. The SMILES string of the molecule is CCNC(=NCc1cccc(CN2CCCC(C(N)=O)C2)c1)N1CCC2(CCCC2)C1. The van der Waals surface area contributed by atoms with E-state index in [1.165, 1.54) is 43.2 Å². The van der Waals surface area contributed by atoms with Gasteiger partial charge in [0.15, 0.2) is 5.96 Å². The lowest BCUT2D eigenvalue weighted by Gasteiger charge is -2.31. The first-order valence-corrected chi connectivity index (χ1v) is 12.2. The van der Waals surface area contributed by atoms with Crippen LogP contribution in [0.3, 0.4) is 0 Å². The molecule has 2 aliphatic heterocycles. The number of likely N-dealkylation sites (tertiary alicyclic amines) is 2. The van der Waals surface area contributed by atoms with Gasteiger partial charge in [0.25, 0.3) is 0 Å². The molecule has 3 N–H and O–H groups in total. The molecule has 0 radical (unpaired) electrons. The van der Waals surface area contributed by atoms with Gasteiger partial charge >= 0.3 is 0 Å². The number of amides is 1. The molecule has 1 saturated carbocycles. The van der Waals surface area contributed by atoms with Crippen LogP contribution >= 0.6 is 0 Å². The monoisotopic (exact) mass is 425 g/mol. The maximum Gasteiger partial charge on any atom is 0.221 e. The first-order chi connectivity index (χ1) is 15.1. The van der Waals surface area contributed by atoms with Crippen molar-refractivity contribution in [3.8, 4) is 0 Å². The van der Waals surface area contributed by atoms with E-state index in [2.05, 4.69) is 46.3 Å². The summed E-state index contributed by atoms with van der Waals surface area (Å²) in [5.41, 5.74) is 8.62. The smallest absolute Gasteiger partial charge is 0.221 e. The Kier molecular flexibility index (Phi) is 7.16. The number of piperidine rings is 1. The fraction of sp³-hybridized carbons (Fsp3) is 0.680. The lowest BCUT2D eigenvalue weighted by molar-refractivity contribution is -0.123. The molecule has 1 aliphatic carbocycles. The van der Waals surface area contributed by atoms with Gasteiger partial charge in [-0.2, -0.15) is 0 Å². The molecular formula is C25H39N5O. The van der Waals surface area contributed by atoms with Gasteiger partial charge < -0.3 is 16.0 Å². The molecule has 1 aromatic carbocycles. The number of nitrogens with zero attached hydrogens (tertiary/aromatic N) is 3. The van der Waals surface area contributed by atoms with Crippen LogP contribution < -0.4 is 11.1 Å². The summed E-state index contributed by atoms with van der Waals surface area (Å²) >= 11 is 0. The first-order valence-electron chi connectivity index (χ1n) is 12.2. The fourth-order valence-corrected chi connectivity index (χ4v) is 5.76. The van der Waals surface area contributed by atoms with Gasteiger partial charge in [-0.3, -0.25) is 9.69 Å². The predicted molar refractivity (Wildman–Crippen MR) is 126 cm³/mol. The van der Waals surface area contributed by atoms with Gasteiger partial charge in [-0.15, -0.1) is 0 Å². The number of rotatable bonds is 6. The summed E-state index contributed by atoms with van der Waals surface area (Å²) in [5.74, 6) is 0.898. The summed E-state index contributed by atoms with van der Waals surface area (Å²) in [6.07, 6.45) is 8.84. The van der Waals surface area contributed by atoms with Crippen LogP contribution in [0.5, 0.6) is 0 Å². The summed E-state index contributed by atoms with van der Waals surface area (Å²) in [6.45, 7) is 8.72. The molecule has 1 amide bonds. The minimum absolute atomic E-state index is 0.00664. The summed E-state index contributed by atoms with van der Waals surface area (Å²) in [7, 11) is 0. The number of nitrogens with one attached hydrogen (secondary N) is 1. The molecule has 0 bridgehead atoms. The normalized spacial score (nSPS) is 24.1. The average Bonchev–Trinajstić information content (AvgIpc) is 3.41. The van der Waals surface area contributed by atoms with E-state index in [0.717, 1.165) is 58.1 Å². The number of carbonyl (C=O) groups excluding carboxylic acids is 1. The Bertz CT molecular complexity index is 786. The zero-order chi connectivity index (χ0) is 21.7. The number of nitrogens with two attached hydrogens (primary N) is 1. The quantitative estimate of drug-likeness (QED) is 0.543. The predicted octanol–water partition coefficient (Wildman–Crippen LogP) is 3.12. The topological polar surface area (TPSA) is 74.0 Å². The van der Waals surface area contributed by atoms with Gasteiger partial charge in [-0.1, -0.05) is 37.1 Å². The molecule has 3 fully saturated rings. The van der Waals surface area contributed by atoms with Crippen LogP contribution in [0, 0.1) is 11.3 Å². The van der Waals surface area contributed by atoms with Crippen molar-refractivity contribution in [1.29, 1.82) is 0 Å². The second kappa shape index (κ2) is 10.0. The minimum Gasteiger partial charge on any atom is -0.369 e. The average molecular weight is 426 g/mol. The minimum atomic E-state index is -0.162.